The van der Waals surface area contributed by atoms with Gasteiger partial charge in [-0.3, -0.25) is 9.59 Å². The van der Waals surface area contributed by atoms with Crippen LogP contribution in [0.15, 0.2) is 60.8 Å². The minimum Gasteiger partial charge on any atom is -0.406 e. The predicted molar refractivity (Wildman–Crippen MR) is 169 cm³/mol. The molecule has 0 aliphatic heterocycles. The molecule has 21 heteroatoms. The van der Waals surface area contributed by atoms with Crippen LogP contribution in [0, 0.1) is 10.5 Å². The van der Waals surface area contributed by atoms with E-state index in [1.807, 2.05) is 22.6 Å². The number of amides is 1. The van der Waals surface area contributed by atoms with Gasteiger partial charge >= 0.3 is 18.5 Å². The zero-order valence-corrected chi connectivity index (χ0v) is 28.4. The van der Waals surface area contributed by atoms with E-state index in [0.29, 0.717) is 25.1 Å². The molecule has 0 spiro atoms. The summed E-state index contributed by atoms with van der Waals surface area (Å²) in [6, 6.07) is 12.3. The summed E-state index contributed by atoms with van der Waals surface area (Å²) in [7, 11) is 0. The Labute approximate surface area is 300 Å². The molecule has 3 heterocycles. The van der Waals surface area contributed by atoms with E-state index in [2.05, 4.69) is 35.5 Å². The number of alkyl halides is 8. The largest absolute Gasteiger partial charge is 0.573 e. The highest BCUT2D eigenvalue weighted by atomic mass is 127. The van der Waals surface area contributed by atoms with Gasteiger partial charge in [-0.2, -0.15) is 31.8 Å². The second-order valence-corrected chi connectivity index (χ2v) is 12.3. The van der Waals surface area contributed by atoms with Crippen molar-refractivity contribution in [2.45, 2.75) is 44.9 Å². The number of hydrogen-bond acceptors (Lipinski definition) is 8. The number of rotatable bonds is 11. The molecule has 0 saturated carbocycles. The van der Waals surface area contributed by atoms with Crippen molar-refractivity contribution in [3.05, 3.63) is 109 Å². The molecule has 1 amide bonds. The molecule has 11 nitrogen and oxygen atoms in total. The van der Waals surface area contributed by atoms with E-state index in [4.69, 9.17) is 11.6 Å². The van der Waals surface area contributed by atoms with Crippen LogP contribution in [0.4, 0.5) is 35.1 Å². The molecule has 0 radical (unpaired) electrons. The number of carbonyl (C=O) groups is 2. The van der Waals surface area contributed by atoms with E-state index >= 15 is 0 Å². The van der Waals surface area contributed by atoms with Crippen molar-refractivity contribution in [2.24, 2.45) is 0 Å². The fraction of sp³-hybridized carbons (Fsp3) is 0.233. The maximum atomic E-state index is 13.9. The first-order chi connectivity index (χ1) is 23.8. The van der Waals surface area contributed by atoms with Crippen molar-refractivity contribution < 1.29 is 49.4 Å². The summed E-state index contributed by atoms with van der Waals surface area (Å²) in [5.41, 5.74) is 1.24. The van der Waals surface area contributed by atoms with Gasteiger partial charge in [0.2, 0.25) is 0 Å². The molecule has 1 N–H and O–H groups in total. The minimum atomic E-state index is -5.97. The van der Waals surface area contributed by atoms with Crippen LogP contribution in [0.5, 0.6) is 5.75 Å². The quantitative estimate of drug-likeness (QED) is 0.0876. The average Bonchev–Trinajstić information content (AvgIpc) is 3.69. The zero-order chi connectivity index (χ0) is 37.3. The number of hydrogen-bond donors (Lipinski definition) is 1. The fourth-order valence-corrected chi connectivity index (χ4v) is 5.64. The number of aryl methyl sites for hydroxylation is 1. The lowest BCUT2D eigenvalue weighted by Gasteiger charge is -2.14. The van der Waals surface area contributed by atoms with Gasteiger partial charge in [0.15, 0.2) is 11.6 Å². The molecule has 3 aromatic heterocycles. The van der Waals surface area contributed by atoms with Crippen molar-refractivity contribution in [3.63, 3.8) is 0 Å². The molecule has 0 unspecified atom stereocenters. The Morgan fingerprint density at radius 2 is 1.69 bits per heavy atom. The van der Waals surface area contributed by atoms with Gasteiger partial charge in [0.1, 0.15) is 18.0 Å². The van der Waals surface area contributed by atoms with E-state index in [1.165, 1.54) is 42.6 Å². The number of aromatic nitrogens is 7. The van der Waals surface area contributed by atoms with Gasteiger partial charge in [0.25, 0.3) is 11.7 Å². The van der Waals surface area contributed by atoms with Crippen LogP contribution >= 0.6 is 34.2 Å². The number of pyridine rings is 1. The molecular weight excluding hydrogens is 835 g/mol. The number of ether oxygens (including phenoxy) is 1. The Bertz CT molecular complexity index is 2080. The number of halogens is 10. The van der Waals surface area contributed by atoms with E-state index in [-0.39, 0.29) is 40.8 Å². The summed E-state index contributed by atoms with van der Waals surface area (Å²) in [5, 5.41) is 16.2. The summed E-state index contributed by atoms with van der Waals surface area (Å²) in [6.45, 7) is 1.01. The van der Waals surface area contributed by atoms with Crippen molar-refractivity contribution in [2.75, 3.05) is 0 Å². The number of ketones is 1. The molecule has 2 aromatic carbocycles. The van der Waals surface area contributed by atoms with Crippen LogP contribution in [-0.4, -0.2) is 59.2 Å². The van der Waals surface area contributed by atoms with Crippen molar-refractivity contribution in [1.29, 1.82) is 0 Å². The van der Waals surface area contributed by atoms with Gasteiger partial charge in [-0.05, 0) is 93.9 Å². The van der Waals surface area contributed by atoms with Gasteiger partial charge in [0.05, 0.1) is 10.7 Å². The first kappa shape index (κ1) is 37.5. The topological polar surface area (TPSA) is 130 Å². The number of carbonyl (C=O) groups excluding carboxylic acids is 2. The maximum Gasteiger partial charge on any atom is 0.573 e. The third kappa shape index (κ3) is 8.78. The predicted octanol–water partition coefficient (Wildman–Crippen LogP) is 6.78. The lowest BCUT2D eigenvalue weighted by Crippen LogP contribution is -2.35. The van der Waals surface area contributed by atoms with Crippen LogP contribution in [0.2, 0.25) is 5.02 Å². The first-order valence-electron chi connectivity index (χ1n) is 14.2. The van der Waals surface area contributed by atoms with E-state index in [9.17, 15) is 44.7 Å². The highest BCUT2D eigenvalue weighted by Crippen LogP contribution is 2.42. The van der Waals surface area contributed by atoms with E-state index in [0.717, 1.165) is 16.8 Å². The Morgan fingerprint density at radius 3 is 2.33 bits per heavy atom. The van der Waals surface area contributed by atoms with Crippen LogP contribution in [0.25, 0.3) is 5.82 Å². The van der Waals surface area contributed by atoms with Crippen molar-refractivity contribution in [1.82, 2.24) is 40.3 Å². The highest BCUT2D eigenvalue weighted by Gasteiger charge is 2.62. The summed E-state index contributed by atoms with van der Waals surface area (Å²) in [6.07, 6.45) is -9.87. The molecule has 5 aromatic rings. The van der Waals surface area contributed by atoms with Crippen LogP contribution < -0.4 is 10.1 Å². The number of benzene rings is 2. The molecule has 5 rings (SSSR count). The Balaban J connectivity index is 1.42. The number of nitrogens with zero attached hydrogens (tertiary/aromatic N) is 7. The van der Waals surface area contributed by atoms with Crippen LogP contribution in [0.3, 0.4) is 0 Å². The fourth-order valence-electron chi connectivity index (χ4n) is 4.66. The van der Waals surface area contributed by atoms with Crippen molar-refractivity contribution >= 4 is 45.9 Å². The second-order valence-electron chi connectivity index (χ2n) is 10.7. The van der Waals surface area contributed by atoms with E-state index < -0.39 is 48.3 Å². The van der Waals surface area contributed by atoms with Crippen LogP contribution in [-0.2, 0) is 25.4 Å². The van der Waals surface area contributed by atoms with Crippen LogP contribution in [0.1, 0.15) is 49.1 Å². The van der Waals surface area contributed by atoms with Gasteiger partial charge < -0.3 is 10.1 Å². The third-order valence-electron chi connectivity index (χ3n) is 7.01. The number of tetrazole rings is 1. The molecule has 0 aliphatic carbocycles. The second kappa shape index (κ2) is 14.5. The van der Waals surface area contributed by atoms with Gasteiger partial charge in [0, 0.05) is 28.3 Å². The monoisotopic (exact) mass is 854 g/mol. The summed E-state index contributed by atoms with van der Waals surface area (Å²) >= 11 is 8.30. The normalized spacial score (nSPS) is 12.2. The summed E-state index contributed by atoms with van der Waals surface area (Å²) in [4.78, 5) is 31.9. The van der Waals surface area contributed by atoms with E-state index in [1.54, 1.807) is 13.0 Å². The smallest absolute Gasteiger partial charge is 0.406 e. The number of Topliss-reactive ketones (excluding diaryl/α,β-unsaturated/α-hetero) is 1. The molecule has 0 aliphatic rings. The third-order valence-corrected chi connectivity index (χ3v) is 7.93. The molecular formula is C30H20ClF8IN8O3. The Morgan fingerprint density at radius 1 is 0.980 bits per heavy atom. The summed E-state index contributed by atoms with van der Waals surface area (Å²) in [5.74, 6) is -8.94. The van der Waals surface area contributed by atoms with Crippen molar-refractivity contribution in [3.8, 4) is 11.6 Å². The molecule has 51 heavy (non-hydrogen) atoms. The standard InChI is InChI=1S/C30H20ClF8IN8O3/c1-15-9-17(40)10-21(26(50)42-13-16-4-6-19(7-5-16)51-30(37,38)39)20(15)12-24(49)23-11-18(44-48(23)25-22(31)3-2-8-41-25)14-47-45-27(43-46-47)28(32,33)29(34,35)36/h2-11H,12-14H2,1H3,(H,42,50). The van der Waals surface area contributed by atoms with Gasteiger partial charge in [-0.1, -0.05) is 23.7 Å². The molecule has 0 bridgehead atoms. The van der Waals surface area contributed by atoms with Gasteiger partial charge in [-0.25, -0.2) is 9.67 Å². The highest BCUT2D eigenvalue weighted by molar-refractivity contribution is 14.1. The maximum absolute atomic E-state index is 13.9. The minimum absolute atomic E-state index is 0.0199. The molecule has 0 atom stereocenters. The lowest BCUT2D eigenvalue weighted by molar-refractivity contribution is -0.292. The Kier molecular flexibility index (Phi) is 10.7. The first-order valence-corrected chi connectivity index (χ1v) is 15.7. The van der Waals surface area contributed by atoms with Gasteiger partial charge in [-0.15, -0.1) is 23.4 Å². The molecule has 0 fully saturated rings. The zero-order valence-electron chi connectivity index (χ0n) is 25.5. The number of nitrogens with one attached hydrogen (secondary N) is 1. The molecule has 268 valence electrons. The summed E-state index contributed by atoms with van der Waals surface area (Å²) < 4.78 is 109. The average molecular weight is 855 g/mol. The SMILES string of the molecule is Cc1cc(I)cc(C(=O)NCc2ccc(OC(F)(F)F)cc2)c1CC(=O)c1cc(Cn2nnc(C(F)(F)C(F)(F)F)n2)nn1-c1ncccc1Cl. The Hall–Kier alpha value is -4.73. The lowest BCUT2D eigenvalue weighted by atomic mass is 9.95. The molecule has 0 saturated heterocycles.